The first-order valence-electron chi connectivity index (χ1n) is 24.5. The Balaban J connectivity index is 0.000000169. The molecule has 0 bridgehead atoms. The zero-order valence-corrected chi connectivity index (χ0v) is 41.3. The van der Waals surface area contributed by atoms with Gasteiger partial charge in [0, 0.05) is 75.3 Å². The molecule has 0 unspecified atom stereocenters. The minimum absolute atomic E-state index is 0.0616. The number of aliphatic hydroxyl groups excluding tert-OH is 2. The molecule has 6 saturated carbocycles. The Bertz CT molecular complexity index is 2390. The Kier molecular flexibility index (Phi) is 11.5. The number of aliphatic hydroxyl groups is 2. The number of fused-ring (bicyclic) bond motifs is 14. The average molecular weight is 921 g/mol. The van der Waals surface area contributed by atoms with Crippen molar-refractivity contribution in [2.45, 2.75) is 142 Å². The van der Waals surface area contributed by atoms with Crippen LogP contribution in [0.5, 0.6) is 0 Å². The summed E-state index contributed by atoms with van der Waals surface area (Å²) in [6.07, 6.45) is 18.1. The van der Waals surface area contributed by atoms with Gasteiger partial charge in [-0.2, -0.15) is 5.10 Å². The molecule has 0 spiro atoms. The van der Waals surface area contributed by atoms with E-state index in [4.69, 9.17) is 34.0 Å². The third kappa shape index (κ3) is 6.88. The summed E-state index contributed by atoms with van der Waals surface area (Å²) in [4.78, 5) is 46.7. The zero-order valence-electron chi connectivity index (χ0n) is 41.3. The number of hydrazone groups is 1. The van der Waals surface area contributed by atoms with E-state index >= 15 is 0 Å². The smallest absolute Gasteiger partial charge is 0.303 e. The van der Waals surface area contributed by atoms with Crippen LogP contribution in [0.1, 0.15) is 107 Å². The molecule has 8 aliphatic carbocycles. The lowest BCUT2D eigenvalue weighted by atomic mass is 9.45. The molecule has 0 aromatic carbocycles. The summed E-state index contributed by atoms with van der Waals surface area (Å²) in [5.41, 5.74) is 2.26. The Morgan fingerprint density at radius 2 is 1.18 bits per heavy atom. The highest BCUT2D eigenvalue weighted by molar-refractivity contribution is 6.01. The molecule has 0 radical (unpaired) electrons. The van der Waals surface area contributed by atoms with Gasteiger partial charge in [-0.15, -0.1) is 0 Å². The van der Waals surface area contributed by atoms with Gasteiger partial charge in [0.25, 0.3) is 0 Å². The first-order valence-corrected chi connectivity index (χ1v) is 24.5. The number of allylic oxidation sites excluding steroid dienone is 10. The molecule has 0 aromatic rings. The van der Waals surface area contributed by atoms with Crippen LogP contribution in [0.4, 0.5) is 0 Å². The minimum Gasteiger partial charge on any atom is -0.475 e. The maximum absolute atomic E-state index is 13.6. The fourth-order valence-electron chi connectivity index (χ4n) is 16.5. The molecular weight excluding hydrogens is 849 g/mol. The molecule has 67 heavy (non-hydrogen) atoms. The highest BCUT2D eigenvalue weighted by Gasteiger charge is 2.76. The van der Waals surface area contributed by atoms with E-state index in [2.05, 4.69) is 77.3 Å². The topological polar surface area (TPSA) is 169 Å². The van der Waals surface area contributed by atoms with Gasteiger partial charge in [-0.25, -0.2) is 9.98 Å². The van der Waals surface area contributed by atoms with Crippen molar-refractivity contribution in [3.05, 3.63) is 71.9 Å². The quantitative estimate of drug-likeness (QED) is 0.149. The second kappa shape index (κ2) is 16.2. The van der Waals surface area contributed by atoms with Crippen LogP contribution in [-0.2, 0) is 33.3 Å². The normalized spacial score (nSPS) is 44.9. The summed E-state index contributed by atoms with van der Waals surface area (Å²) in [5.74, 6) is 1.37. The average Bonchev–Trinajstić information content (AvgIpc) is 3.91. The Hall–Kier alpha value is -4.62. The molecule has 0 saturated heterocycles. The maximum atomic E-state index is 13.6. The molecule has 13 heteroatoms. The summed E-state index contributed by atoms with van der Waals surface area (Å²) in [6, 6.07) is 0. The number of carbonyl (C=O) groups excluding carboxylic acids is 3. The number of hydrogen-bond acceptors (Lipinski definition) is 13. The molecule has 10 aliphatic rings. The first kappa shape index (κ1) is 47.4. The summed E-state index contributed by atoms with van der Waals surface area (Å²) >= 11 is 0. The molecule has 6 fully saturated rings. The van der Waals surface area contributed by atoms with Crippen molar-refractivity contribution in [2.24, 2.45) is 72.3 Å². The molecule has 0 amide bonds. The van der Waals surface area contributed by atoms with Crippen LogP contribution in [0.25, 0.3) is 0 Å². The number of esters is 2. The van der Waals surface area contributed by atoms with E-state index < -0.39 is 34.7 Å². The van der Waals surface area contributed by atoms with Gasteiger partial charge in [0.15, 0.2) is 23.9 Å². The van der Waals surface area contributed by atoms with Crippen molar-refractivity contribution in [1.29, 1.82) is 0 Å². The Morgan fingerprint density at radius 3 is 1.64 bits per heavy atom. The molecule has 2 aliphatic heterocycles. The van der Waals surface area contributed by atoms with E-state index in [9.17, 15) is 24.6 Å². The standard InChI is InChI=1S/C28H39N3O4.C26H33NO5/c1-16-10-11-26(4)19(12-16)8-9-20-21-13-24-28(29-17(2)35-24,27(21,5)14-22(33)25(20)26)23(30-31(6)7)15-34-18(3)32;1-14-8-9-24(4)17(10-14)6-7-18-19-11-22-26(27-15(2)32-22,21(30)13-31-16(3)28)25(19,5)12-20(29)23(18)24/h10-12,20-22,24-25,33H,1,8-9,13-15H2,2-7H3;8-10,18-20,22-23,29H,1,6-7,11-13H2,2-5H3/b30-23-;/t20-,21-,22-,24+,25+,26-,27-,28+;18-,19-,20-,22+,23+,24-,25-,26+/m00/s1. The molecule has 2 heterocycles. The van der Waals surface area contributed by atoms with Crippen molar-refractivity contribution in [3.63, 3.8) is 0 Å². The number of ketones is 1. The van der Waals surface area contributed by atoms with Gasteiger partial charge in [-0.05, 0) is 86.2 Å². The van der Waals surface area contributed by atoms with Crippen LogP contribution in [0.2, 0.25) is 0 Å². The largest absolute Gasteiger partial charge is 0.475 e. The van der Waals surface area contributed by atoms with Crippen molar-refractivity contribution in [1.82, 2.24) is 5.01 Å². The summed E-state index contributed by atoms with van der Waals surface area (Å²) in [7, 11) is 3.73. The van der Waals surface area contributed by atoms with E-state index in [1.807, 2.05) is 21.0 Å². The number of ether oxygens (including phenoxy) is 4. The number of nitrogens with zero attached hydrogens (tertiary/aromatic N) is 4. The van der Waals surface area contributed by atoms with Crippen molar-refractivity contribution in [2.75, 3.05) is 27.3 Å². The Labute approximate surface area is 396 Å². The van der Waals surface area contributed by atoms with E-state index in [0.717, 1.165) is 49.7 Å². The highest BCUT2D eigenvalue weighted by Crippen LogP contribution is 2.71. The van der Waals surface area contributed by atoms with Gasteiger partial charge in [-0.3, -0.25) is 14.4 Å². The summed E-state index contributed by atoms with van der Waals surface area (Å²) in [5, 5.41) is 30.0. The molecule has 0 aromatic heterocycles. The SMILES string of the molecule is C=C1C=C[C@@]2(C)C(=C1)CC[C@@H]1[C@@H]2[C@@H](O)C[C@@]2(C)[C@H]1C[C@H]1OC(C)=N[C@]12/C(COC(C)=O)=N\N(C)C.C=C1C=C[C@@]2(C)C(=C1)CC[C@@H]1[C@@H]2[C@@H](O)C[C@@]2(C)[C@H]1C[C@H]1OC(C)=N[C@]12C(=O)COC(C)=O. The third-order valence-corrected chi connectivity index (χ3v) is 18.9. The van der Waals surface area contributed by atoms with Crippen LogP contribution >= 0.6 is 0 Å². The third-order valence-electron chi connectivity index (χ3n) is 18.9. The second-order valence-corrected chi connectivity index (χ2v) is 22.6. The van der Waals surface area contributed by atoms with Gasteiger partial charge in [-0.1, -0.05) is 88.5 Å². The lowest BCUT2D eigenvalue weighted by molar-refractivity contribution is -0.154. The van der Waals surface area contributed by atoms with Crippen LogP contribution in [-0.4, -0.2) is 113 Å². The molecular formula is C54H72N4O9. The maximum Gasteiger partial charge on any atom is 0.303 e. The molecule has 362 valence electrons. The Morgan fingerprint density at radius 1 is 0.746 bits per heavy atom. The molecule has 13 nitrogen and oxygen atoms in total. The van der Waals surface area contributed by atoms with Crippen LogP contribution < -0.4 is 0 Å². The van der Waals surface area contributed by atoms with Gasteiger partial charge >= 0.3 is 11.9 Å². The minimum atomic E-state index is -1.11. The number of Topliss-reactive ketones (excluding diaryl/α,β-unsaturated/α-hetero) is 1. The number of carbonyl (C=O) groups is 3. The highest BCUT2D eigenvalue weighted by atomic mass is 16.5. The van der Waals surface area contributed by atoms with E-state index in [1.54, 1.807) is 11.9 Å². The molecule has 16 atom stereocenters. The molecule has 10 rings (SSSR count). The van der Waals surface area contributed by atoms with Gasteiger partial charge in [0.2, 0.25) is 5.78 Å². The monoisotopic (exact) mass is 921 g/mol. The van der Waals surface area contributed by atoms with Crippen molar-refractivity contribution < 1.29 is 43.5 Å². The summed E-state index contributed by atoms with van der Waals surface area (Å²) in [6.45, 7) is 23.2. The van der Waals surface area contributed by atoms with Crippen LogP contribution in [0.15, 0.2) is 87.0 Å². The summed E-state index contributed by atoms with van der Waals surface area (Å²) < 4.78 is 23.1. The van der Waals surface area contributed by atoms with Crippen molar-refractivity contribution >= 4 is 35.2 Å². The lowest BCUT2D eigenvalue weighted by Gasteiger charge is -2.59. The number of hydrogen-bond donors (Lipinski definition) is 2. The fraction of sp³-hybridized carbons (Fsp3) is 0.667. The predicted molar refractivity (Wildman–Crippen MR) is 256 cm³/mol. The van der Waals surface area contributed by atoms with Gasteiger partial charge in [0.1, 0.15) is 30.1 Å². The molecule has 2 N–H and O–H groups in total. The van der Waals surface area contributed by atoms with E-state index in [-0.39, 0.29) is 77.1 Å². The zero-order chi connectivity index (χ0) is 48.4. The van der Waals surface area contributed by atoms with Gasteiger partial charge in [0.05, 0.1) is 12.2 Å². The fourth-order valence-corrected chi connectivity index (χ4v) is 16.5. The van der Waals surface area contributed by atoms with E-state index in [1.165, 1.54) is 25.0 Å². The second-order valence-electron chi connectivity index (χ2n) is 22.6. The van der Waals surface area contributed by atoms with Crippen molar-refractivity contribution in [3.8, 4) is 0 Å². The van der Waals surface area contributed by atoms with Crippen LogP contribution in [0.3, 0.4) is 0 Å². The van der Waals surface area contributed by atoms with E-state index in [0.29, 0.717) is 42.2 Å². The van der Waals surface area contributed by atoms with Crippen LogP contribution in [0, 0.1) is 57.2 Å². The first-order chi connectivity index (χ1) is 31.4. The lowest BCUT2D eigenvalue weighted by Crippen LogP contribution is -2.62. The van der Waals surface area contributed by atoms with Gasteiger partial charge < -0.3 is 34.2 Å². The number of rotatable bonds is 7. The number of aliphatic imine (C=N–C) groups is 2. The predicted octanol–water partition coefficient (Wildman–Crippen LogP) is 7.45.